The van der Waals surface area contributed by atoms with Crippen LogP contribution in [0.1, 0.15) is 59.5 Å². The number of nitrogens with zero attached hydrogens (tertiary/aromatic N) is 1. The van der Waals surface area contributed by atoms with Crippen molar-refractivity contribution in [2.45, 2.75) is 44.6 Å². The predicted molar refractivity (Wildman–Crippen MR) is 118 cm³/mol. The summed E-state index contributed by atoms with van der Waals surface area (Å²) in [5.41, 5.74) is 5.04. The third kappa shape index (κ3) is 3.12. The average molecular weight is 392 g/mol. The number of hydrogen-bond donors (Lipinski definition) is 1. The number of rotatable bonds is 6. The second-order valence-corrected chi connectivity index (χ2v) is 8.36. The van der Waals surface area contributed by atoms with Crippen LogP contribution in [-0.4, -0.2) is 15.6 Å². The van der Waals surface area contributed by atoms with Crippen LogP contribution >= 0.6 is 11.3 Å². The van der Waals surface area contributed by atoms with Crippen LogP contribution in [0, 0.1) is 0 Å². The van der Waals surface area contributed by atoms with Gasteiger partial charge >= 0.3 is 5.97 Å². The lowest BCUT2D eigenvalue weighted by molar-refractivity contribution is 0.0697. The van der Waals surface area contributed by atoms with Crippen LogP contribution in [-0.2, 0) is 6.54 Å². The maximum absolute atomic E-state index is 11.6. The first kappa shape index (κ1) is 18.8. The molecule has 1 fully saturated rings. The van der Waals surface area contributed by atoms with E-state index in [1.165, 1.54) is 53.6 Å². The van der Waals surface area contributed by atoms with Crippen LogP contribution in [0.4, 0.5) is 0 Å². The van der Waals surface area contributed by atoms with Gasteiger partial charge in [0.25, 0.3) is 0 Å². The van der Waals surface area contributed by atoms with Crippen LogP contribution in [0.15, 0.2) is 48.9 Å². The molecule has 1 N–H and O–H groups in total. The molecule has 4 heteroatoms. The van der Waals surface area contributed by atoms with Crippen LogP contribution in [0.5, 0.6) is 0 Å². The van der Waals surface area contributed by atoms with Crippen molar-refractivity contribution >= 4 is 34.3 Å². The SMILES string of the molecule is C=CCn1c(-c2sccc2C=C)c(C2CCCCC2)c2ccc(C(=O)O)cc21. The highest BCUT2D eigenvalue weighted by Gasteiger charge is 2.28. The van der Waals surface area contributed by atoms with Gasteiger partial charge in [-0.3, -0.25) is 0 Å². The first-order valence-corrected chi connectivity index (χ1v) is 10.7. The minimum Gasteiger partial charge on any atom is -0.478 e. The van der Waals surface area contributed by atoms with Crippen molar-refractivity contribution in [2.24, 2.45) is 0 Å². The minimum absolute atomic E-state index is 0.326. The Morgan fingerprint density at radius 3 is 2.68 bits per heavy atom. The first-order valence-electron chi connectivity index (χ1n) is 9.86. The van der Waals surface area contributed by atoms with Gasteiger partial charge in [0.05, 0.1) is 16.1 Å². The summed E-state index contributed by atoms with van der Waals surface area (Å²) >= 11 is 1.73. The van der Waals surface area contributed by atoms with Crippen molar-refractivity contribution in [3.63, 3.8) is 0 Å². The van der Waals surface area contributed by atoms with Gasteiger partial charge in [-0.2, -0.15) is 0 Å². The van der Waals surface area contributed by atoms with E-state index in [-0.39, 0.29) is 0 Å². The highest BCUT2D eigenvalue weighted by Crippen LogP contribution is 2.46. The molecule has 1 aliphatic carbocycles. The molecule has 0 aliphatic heterocycles. The molecule has 3 nitrogen and oxygen atoms in total. The summed E-state index contributed by atoms with van der Waals surface area (Å²) in [6, 6.07) is 7.67. The highest BCUT2D eigenvalue weighted by atomic mass is 32.1. The van der Waals surface area contributed by atoms with E-state index in [4.69, 9.17) is 0 Å². The van der Waals surface area contributed by atoms with Gasteiger partial charge in [0.1, 0.15) is 0 Å². The molecule has 28 heavy (non-hydrogen) atoms. The molecule has 3 aromatic rings. The van der Waals surface area contributed by atoms with E-state index in [0.717, 1.165) is 11.1 Å². The number of hydrogen-bond acceptors (Lipinski definition) is 2. The van der Waals surface area contributed by atoms with E-state index >= 15 is 0 Å². The molecule has 4 rings (SSSR count). The van der Waals surface area contributed by atoms with Gasteiger partial charge in [0.15, 0.2) is 0 Å². The summed E-state index contributed by atoms with van der Waals surface area (Å²) < 4.78 is 2.25. The van der Waals surface area contributed by atoms with Gasteiger partial charge in [-0.05, 0) is 53.5 Å². The lowest BCUT2D eigenvalue weighted by Crippen LogP contribution is -2.07. The fourth-order valence-corrected chi connectivity index (χ4v) is 5.52. The van der Waals surface area contributed by atoms with Crippen molar-refractivity contribution in [1.29, 1.82) is 0 Å². The zero-order chi connectivity index (χ0) is 19.7. The number of carboxylic acid groups (broad SMARTS) is 1. The van der Waals surface area contributed by atoms with Gasteiger partial charge in [-0.25, -0.2) is 4.79 Å². The summed E-state index contributed by atoms with van der Waals surface area (Å²) in [6.45, 7) is 8.60. The number of aromatic carboxylic acids is 1. The van der Waals surface area contributed by atoms with Crippen LogP contribution < -0.4 is 0 Å². The number of fused-ring (bicyclic) bond motifs is 1. The second kappa shape index (κ2) is 7.80. The first-order chi connectivity index (χ1) is 13.7. The van der Waals surface area contributed by atoms with E-state index in [2.05, 4.69) is 29.2 Å². The molecule has 0 spiro atoms. The normalized spacial score (nSPS) is 15.0. The monoisotopic (exact) mass is 391 g/mol. The Bertz CT molecular complexity index is 1050. The molecule has 0 saturated heterocycles. The topological polar surface area (TPSA) is 42.2 Å². The molecular weight excluding hydrogens is 366 g/mol. The van der Waals surface area contributed by atoms with Crippen molar-refractivity contribution in [1.82, 2.24) is 4.57 Å². The molecule has 0 unspecified atom stereocenters. The zero-order valence-corrected chi connectivity index (χ0v) is 16.8. The van der Waals surface area contributed by atoms with Gasteiger partial charge in [-0.1, -0.05) is 44.1 Å². The van der Waals surface area contributed by atoms with Gasteiger partial charge < -0.3 is 9.67 Å². The van der Waals surface area contributed by atoms with Crippen molar-refractivity contribution in [2.75, 3.05) is 0 Å². The van der Waals surface area contributed by atoms with Crippen molar-refractivity contribution in [3.8, 4) is 10.6 Å². The Morgan fingerprint density at radius 1 is 1.21 bits per heavy atom. The zero-order valence-electron chi connectivity index (χ0n) is 16.0. The molecule has 1 saturated carbocycles. The molecule has 0 atom stereocenters. The summed E-state index contributed by atoms with van der Waals surface area (Å²) in [6.07, 6.45) is 9.99. The summed E-state index contributed by atoms with van der Waals surface area (Å²) in [5.74, 6) is -0.385. The second-order valence-electron chi connectivity index (χ2n) is 7.44. The Morgan fingerprint density at radius 2 is 2.00 bits per heavy atom. The summed E-state index contributed by atoms with van der Waals surface area (Å²) in [7, 11) is 0. The molecule has 144 valence electrons. The predicted octanol–water partition coefficient (Wildman–Crippen LogP) is 6.94. The molecule has 1 aliphatic rings. The summed E-state index contributed by atoms with van der Waals surface area (Å²) in [5, 5.41) is 12.8. The number of thiophene rings is 1. The van der Waals surface area contributed by atoms with E-state index in [9.17, 15) is 9.90 Å². The molecule has 0 amide bonds. The molecular formula is C24H25NO2S. The number of carboxylic acids is 1. The molecule has 0 bridgehead atoms. The standard InChI is InChI=1S/C24H25NO2S/c1-3-13-25-20-15-18(24(26)27)10-11-19(20)21(17-8-6-5-7-9-17)22(25)23-16(4-2)12-14-28-23/h3-4,10-12,14-15,17H,1-2,5-9,13H2,(H,26,27). The Kier molecular flexibility index (Phi) is 5.23. The lowest BCUT2D eigenvalue weighted by atomic mass is 9.82. The van der Waals surface area contributed by atoms with E-state index < -0.39 is 5.97 Å². The van der Waals surface area contributed by atoms with Crippen LogP contribution in [0.3, 0.4) is 0 Å². The third-order valence-electron chi connectivity index (χ3n) is 5.81. The minimum atomic E-state index is -0.892. The van der Waals surface area contributed by atoms with E-state index in [1.807, 2.05) is 24.3 Å². The van der Waals surface area contributed by atoms with Crippen molar-refractivity contribution in [3.05, 3.63) is 65.6 Å². The summed E-state index contributed by atoms with van der Waals surface area (Å²) in [4.78, 5) is 12.8. The fourth-order valence-electron chi connectivity index (χ4n) is 4.55. The maximum atomic E-state index is 11.6. The molecule has 1 aromatic carbocycles. The number of benzene rings is 1. The Hall–Kier alpha value is -2.59. The van der Waals surface area contributed by atoms with Crippen molar-refractivity contribution < 1.29 is 9.90 Å². The van der Waals surface area contributed by atoms with E-state index in [1.54, 1.807) is 17.4 Å². The maximum Gasteiger partial charge on any atom is 0.335 e. The fraction of sp³-hybridized carbons (Fsp3) is 0.292. The lowest BCUT2D eigenvalue weighted by Gasteiger charge is -2.23. The van der Waals surface area contributed by atoms with Crippen LogP contribution in [0.25, 0.3) is 27.6 Å². The molecule has 2 aromatic heterocycles. The number of aromatic nitrogens is 1. The Balaban J connectivity index is 2.07. The number of carbonyl (C=O) groups is 1. The van der Waals surface area contributed by atoms with E-state index in [0.29, 0.717) is 18.0 Å². The third-order valence-corrected chi connectivity index (χ3v) is 6.74. The van der Waals surface area contributed by atoms with Gasteiger partial charge in [-0.15, -0.1) is 17.9 Å². The number of allylic oxidation sites excluding steroid dienone is 1. The van der Waals surface area contributed by atoms with Gasteiger partial charge in [0, 0.05) is 17.4 Å². The van der Waals surface area contributed by atoms with Gasteiger partial charge in [0.2, 0.25) is 0 Å². The van der Waals surface area contributed by atoms with Crippen LogP contribution in [0.2, 0.25) is 0 Å². The highest BCUT2D eigenvalue weighted by molar-refractivity contribution is 7.13. The molecule has 0 radical (unpaired) electrons. The Labute approximate surface area is 169 Å². The average Bonchev–Trinajstić information content (AvgIpc) is 3.30. The quantitative estimate of drug-likeness (QED) is 0.462. The largest absolute Gasteiger partial charge is 0.478 e. The molecule has 2 heterocycles. The smallest absolute Gasteiger partial charge is 0.335 e.